The van der Waals surface area contributed by atoms with Crippen molar-refractivity contribution >= 4 is 5.91 Å². The van der Waals surface area contributed by atoms with E-state index in [1.54, 1.807) is 19.2 Å². The van der Waals surface area contributed by atoms with Crippen LogP contribution in [0.4, 0.5) is 0 Å². The number of nitrogens with one attached hydrogen (secondary N) is 2. The first kappa shape index (κ1) is 19.1. The molecule has 2 aromatic rings. The molecule has 2 atom stereocenters. The number of amides is 1. The minimum Gasteiger partial charge on any atom is -0.497 e. The third-order valence-electron chi connectivity index (χ3n) is 4.56. The van der Waals surface area contributed by atoms with Gasteiger partial charge in [0.2, 0.25) is 0 Å². The molecular weight excluding hydrogens is 348 g/mol. The van der Waals surface area contributed by atoms with E-state index in [4.69, 9.17) is 14.2 Å². The molecule has 2 heterocycles. The first-order valence-electron chi connectivity index (χ1n) is 9.00. The van der Waals surface area contributed by atoms with Crippen LogP contribution in [-0.4, -0.2) is 50.0 Å². The van der Waals surface area contributed by atoms with Gasteiger partial charge in [-0.1, -0.05) is 0 Å². The zero-order valence-electron chi connectivity index (χ0n) is 15.5. The van der Waals surface area contributed by atoms with Crippen molar-refractivity contribution in [1.29, 1.82) is 0 Å². The molecule has 7 nitrogen and oxygen atoms in total. The highest BCUT2D eigenvalue weighted by molar-refractivity contribution is 5.94. The molecule has 0 aliphatic carbocycles. The van der Waals surface area contributed by atoms with E-state index in [0.717, 1.165) is 11.3 Å². The predicted octanol–water partition coefficient (Wildman–Crippen LogP) is 1.97. The Labute approximate surface area is 157 Å². The van der Waals surface area contributed by atoms with Crippen molar-refractivity contribution in [2.75, 3.05) is 26.9 Å². The number of pyridine rings is 1. The summed E-state index contributed by atoms with van der Waals surface area (Å²) >= 11 is 0. The Morgan fingerprint density at radius 1 is 1.26 bits per heavy atom. The second-order valence-corrected chi connectivity index (χ2v) is 6.28. The average molecular weight is 372 g/mol. The molecule has 3 rings (SSSR count). The molecule has 1 saturated heterocycles. The number of carbonyl (C=O) groups is 1. The van der Waals surface area contributed by atoms with Gasteiger partial charge in [0.15, 0.2) is 0 Å². The Hall–Kier alpha value is -2.64. The van der Waals surface area contributed by atoms with Gasteiger partial charge in [0.1, 0.15) is 17.4 Å². The van der Waals surface area contributed by atoms with Gasteiger partial charge < -0.3 is 24.5 Å². The Kier molecular flexibility index (Phi) is 6.26. The van der Waals surface area contributed by atoms with Crippen molar-refractivity contribution in [2.24, 2.45) is 0 Å². The smallest absolute Gasteiger partial charge is 0.261 e. The fourth-order valence-corrected chi connectivity index (χ4v) is 3.09. The maximum atomic E-state index is 12.6. The highest BCUT2D eigenvalue weighted by Gasteiger charge is 2.28. The number of hydrogen-bond acceptors (Lipinski definition) is 5. The van der Waals surface area contributed by atoms with Gasteiger partial charge >= 0.3 is 0 Å². The fourth-order valence-electron chi connectivity index (χ4n) is 3.09. The maximum Gasteiger partial charge on any atom is 0.261 e. The van der Waals surface area contributed by atoms with Crippen LogP contribution in [-0.2, 0) is 9.47 Å². The van der Waals surface area contributed by atoms with E-state index in [-0.39, 0.29) is 17.7 Å². The largest absolute Gasteiger partial charge is 0.497 e. The first-order chi connectivity index (χ1) is 13.1. The van der Waals surface area contributed by atoms with Crippen molar-refractivity contribution in [1.82, 2.24) is 10.3 Å². The SMILES string of the molecule is CCO[C@@H]1COCC[C@H]1NC(=O)c1ccc(-c2ccc(OC)cc2)[nH]c1=O. The van der Waals surface area contributed by atoms with Crippen LogP contribution in [0.1, 0.15) is 23.7 Å². The molecule has 1 fully saturated rings. The van der Waals surface area contributed by atoms with Crippen LogP contribution >= 0.6 is 0 Å². The number of H-pyrrole nitrogens is 1. The molecule has 27 heavy (non-hydrogen) atoms. The summed E-state index contributed by atoms with van der Waals surface area (Å²) in [5, 5.41) is 2.90. The molecule has 7 heteroatoms. The topological polar surface area (TPSA) is 89.7 Å². The lowest BCUT2D eigenvalue weighted by Crippen LogP contribution is -2.50. The molecule has 0 spiro atoms. The van der Waals surface area contributed by atoms with E-state index in [9.17, 15) is 9.59 Å². The van der Waals surface area contributed by atoms with Crippen molar-refractivity contribution in [3.05, 3.63) is 52.3 Å². The molecule has 1 aliphatic rings. The molecule has 1 aromatic carbocycles. The minimum atomic E-state index is -0.430. The van der Waals surface area contributed by atoms with E-state index in [1.807, 2.05) is 31.2 Å². The van der Waals surface area contributed by atoms with Gasteiger partial charge in [0, 0.05) is 18.9 Å². The van der Waals surface area contributed by atoms with Crippen LogP contribution in [0, 0.1) is 0 Å². The third kappa shape index (κ3) is 4.56. The molecule has 1 aliphatic heterocycles. The number of ether oxygens (including phenoxy) is 3. The minimum absolute atomic E-state index is 0.0778. The molecule has 0 bridgehead atoms. The van der Waals surface area contributed by atoms with Gasteiger partial charge in [-0.2, -0.15) is 0 Å². The number of aromatic amines is 1. The lowest BCUT2D eigenvalue weighted by Gasteiger charge is -2.31. The van der Waals surface area contributed by atoms with Gasteiger partial charge in [-0.25, -0.2) is 0 Å². The quantitative estimate of drug-likeness (QED) is 0.809. The highest BCUT2D eigenvalue weighted by atomic mass is 16.5. The van der Waals surface area contributed by atoms with E-state index in [0.29, 0.717) is 31.9 Å². The van der Waals surface area contributed by atoms with Crippen molar-refractivity contribution < 1.29 is 19.0 Å². The zero-order chi connectivity index (χ0) is 19.2. The Morgan fingerprint density at radius 3 is 2.70 bits per heavy atom. The summed E-state index contributed by atoms with van der Waals surface area (Å²) in [6, 6.07) is 10.4. The maximum absolute atomic E-state index is 12.6. The summed E-state index contributed by atoms with van der Waals surface area (Å²) in [5.41, 5.74) is 1.12. The van der Waals surface area contributed by atoms with Crippen LogP contribution in [0.3, 0.4) is 0 Å². The zero-order valence-corrected chi connectivity index (χ0v) is 15.5. The fraction of sp³-hybridized carbons (Fsp3) is 0.400. The van der Waals surface area contributed by atoms with Gasteiger partial charge in [-0.15, -0.1) is 0 Å². The number of hydrogen-bond donors (Lipinski definition) is 2. The average Bonchev–Trinajstić information content (AvgIpc) is 2.69. The summed E-state index contributed by atoms with van der Waals surface area (Å²) in [6.45, 7) is 3.43. The summed E-state index contributed by atoms with van der Waals surface area (Å²) in [6.07, 6.45) is 0.448. The molecule has 2 N–H and O–H groups in total. The van der Waals surface area contributed by atoms with Crippen molar-refractivity contribution in [3.63, 3.8) is 0 Å². The Bertz CT molecular complexity index is 829. The van der Waals surface area contributed by atoms with E-state index in [1.165, 1.54) is 0 Å². The third-order valence-corrected chi connectivity index (χ3v) is 4.56. The lowest BCUT2D eigenvalue weighted by molar-refractivity contribution is -0.0632. The Balaban J connectivity index is 1.74. The van der Waals surface area contributed by atoms with Crippen LogP contribution in [0.15, 0.2) is 41.2 Å². The molecule has 0 unspecified atom stereocenters. The first-order valence-corrected chi connectivity index (χ1v) is 9.00. The van der Waals surface area contributed by atoms with Gasteiger partial charge in [0.25, 0.3) is 11.5 Å². The van der Waals surface area contributed by atoms with Crippen LogP contribution in [0.2, 0.25) is 0 Å². The number of carbonyl (C=O) groups excluding carboxylic acids is 1. The van der Waals surface area contributed by atoms with Gasteiger partial charge in [-0.3, -0.25) is 9.59 Å². The van der Waals surface area contributed by atoms with E-state index >= 15 is 0 Å². The molecule has 0 saturated carbocycles. The highest BCUT2D eigenvalue weighted by Crippen LogP contribution is 2.20. The number of rotatable bonds is 6. The molecule has 1 amide bonds. The molecular formula is C20H24N2O5. The number of methoxy groups -OCH3 is 1. The van der Waals surface area contributed by atoms with Crippen molar-refractivity contribution in [2.45, 2.75) is 25.5 Å². The van der Waals surface area contributed by atoms with Gasteiger partial charge in [0.05, 0.1) is 19.8 Å². The van der Waals surface area contributed by atoms with Crippen molar-refractivity contribution in [3.8, 4) is 17.0 Å². The molecule has 144 valence electrons. The Morgan fingerprint density at radius 2 is 2.04 bits per heavy atom. The predicted molar refractivity (Wildman–Crippen MR) is 101 cm³/mol. The summed E-state index contributed by atoms with van der Waals surface area (Å²) in [5.74, 6) is 0.326. The van der Waals surface area contributed by atoms with Crippen LogP contribution < -0.4 is 15.6 Å². The lowest BCUT2D eigenvalue weighted by atomic mass is 10.1. The summed E-state index contributed by atoms with van der Waals surface area (Å²) < 4.78 is 16.2. The second-order valence-electron chi connectivity index (χ2n) is 6.28. The summed E-state index contributed by atoms with van der Waals surface area (Å²) in [4.78, 5) is 27.8. The number of benzene rings is 1. The standard InChI is InChI=1S/C20H24N2O5/c1-3-27-18-12-26-11-10-17(18)22-20(24)15-8-9-16(21-19(15)23)13-4-6-14(25-2)7-5-13/h4-9,17-18H,3,10-12H2,1-2H3,(H,21,23)(H,22,24)/t17-,18-/m1/s1. The number of aromatic nitrogens is 1. The van der Waals surface area contributed by atoms with E-state index < -0.39 is 11.5 Å². The van der Waals surface area contributed by atoms with Gasteiger partial charge in [-0.05, 0) is 55.3 Å². The monoisotopic (exact) mass is 372 g/mol. The summed E-state index contributed by atoms with van der Waals surface area (Å²) in [7, 11) is 1.60. The second kappa shape index (κ2) is 8.83. The van der Waals surface area contributed by atoms with Crippen LogP contribution in [0.25, 0.3) is 11.3 Å². The van der Waals surface area contributed by atoms with Crippen LogP contribution in [0.5, 0.6) is 5.75 Å². The molecule has 1 aromatic heterocycles. The normalized spacial score (nSPS) is 19.5. The van der Waals surface area contributed by atoms with E-state index in [2.05, 4.69) is 10.3 Å². The molecule has 0 radical (unpaired) electrons.